The van der Waals surface area contributed by atoms with Gasteiger partial charge in [0.25, 0.3) is 0 Å². The minimum atomic E-state index is 0.616. The first kappa shape index (κ1) is 14.4. The van der Waals surface area contributed by atoms with Crippen molar-refractivity contribution >= 4 is 33.3 Å². The van der Waals surface area contributed by atoms with Crippen molar-refractivity contribution < 1.29 is 4.52 Å². The molecule has 0 spiro atoms. The molecule has 0 atom stereocenters. The summed E-state index contributed by atoms with van der Waals surface area (Å²) in [6, 6.07) is 16.2. The van der Waals surface area contributed by atoms with E-state index in [0.29, 0.717) is 17.5 Å². The van der Waals surface area contributed by atoms with Crippen molar-refractivity contribution in [2.45, 2.75) is 17.0 Å². The Morgan fingerprint density at radius 1 is 1.09 bits per heavy atom. The Bertz CT molecular complexity index is 928. The fraction of sp³-hybridized carbons (Fsp3) is 0.118. The molecule has 0 fully saturated rings. The smallest absolute Gasteiger partial charge is 0.237 e. The van der Waals surface area contributed by atoms with Gasteiger partial charge in [-0.25, -0.2) is 4.98 Å². The third-order valence-corrected chi connectivity index (χ3v) is 5.50. The second-order valence-corrected chi connectivity index (χ2v) is 7.37. The molecular weight excluding hydrogens is 326 g/mol. The van der Waals surface area contributed by atoms with E-state index in [1.807, 2.05) is 43.3 Å². The van der Waals surface area contributed by atoms with Gasteiger partial charge in [-0.15, -0.1) is 11.3 Å². The molecule has 0 saturated carbocycles. The number of aryl methyl sites for hydroxylation is 1. The first-order valence-corrected chi connectivity index (χ1v) is 8.96. The SMILES string of the molecule is Cc1cccc(-c2noc(CSc3nc4ccccc4s3)n2)c1. The van der Waals surface area contributed by atoms with E-state index >= 15 is 0 Å². The van der Waals surface area contributed by atoms with Crippen molar-refractivity contribution in [3.8, 4) is 11.4 Å². The molecule has 2 heterocycles. The molecule has 0 N–H and O–H groups in total. The summed E-state index contributed by atoms with van der Waals surface area (Å²) in [5, 5.41) is 4.07. The van der Waals surface area contributed by atoms with Crippen molar-refractivity contribution in [1.82, 2.24) is 15.1 Å². The number of benzene rings is 2. The van der Waals surface area contributed by atoms with E-state index in [9.17, 15) is 0 Å². The average Bonchev–Trinajstić information content (AvgIpc) is 3.19. The van der Waals surface area contributed by atoms with E-state index in [2.05, 4.69) is 27.3 Å². The van der Waals surface area contributed by atoms with Crippen LogP contribution >= 0.6 is 23.1 Å². The number of aromatic nitrogens is 3. The molecule has 6 heteroatoms. The van der Waals surface area contributed by atoms with E-state index in [1.165, 1.54) is 10.3 Å². The zero-order valence-electron chi connectivity index (χ0n) is 12.4. The van der Waals surface area contributed by atoms with Crippen molar-refractivity contribution in [1.29, 1.82) is 0 Å². The lowest BCUT2D eigenvalue weighted by molar-refractivity contribution is 0.391. The summed E-state index contributed by atoms with van der Waals surface area (Å²) in [6.07, 6.45) is 0. The van der Waals surface area contributed by atoms with Crippen LogP contribution in [0.2, 0.25) is 0 Å². The lowest BCUT2D eigenvalue weighted by Crippen LogP contribution is -1.83. The molecule has 0 aliphatic carbocycles. The van der Waals surface area contributed by atoms with Gasteiger partial charge >= 0.3 is 0 Å². The number of thiazole rings is 1. The maximum absolute atomic E-state index is 5.35. The summed E-state index contributed by atoms with van der Waals surface area (Å²) >= 11 is 3.31. The highest BCUT2D eigenvalue weighted by Gasteiger charge is 2.11. The molecule has 0 aliphatic rings. The van der Waals surface area contributed by atoms with Crippen LogP contribution in [0.5, 0.6) is 0 Å². The lowest BCUT2D eigenvalue weighted by Gasteiger charge is -1.95. The van der Waals surface area contributed by atoms with E-state index in [-0.39, 0.29) is 0 Å². The summed E-state index contributed by atoms with van der Waals surface area (Å²) in [5.74, 6) is 1.87. The van der Waals surface area contributed by atoms with Crippen molar-refractivity contribution in [2.24, 2.45) is 0 Å². The lowest BCUT2D eigenvalue weighted by atomic mass is 10.1. The van der Waals surface area contributed by atoms with Crippen LogP contribution in [0.15, 0.2) is 57.4 Å². The van der Waals surface area contributed by atoms with Gasteiger partial charge in [-0.1, -0.05) is 52.8 Å². The normalized spacial score (nSPS) is 11.2. The van der Waals surface area contributed by atoms with Crippen LogP contribution in [0.25, 0.3) is 21.6 Å². The van der Waals surface area contributed by atoms with Gasteiger partial charge in [0.05, 0.1) is 16.0 Å². The predicted molar refractivity (Wildman–Crippen MR) is 93.7 cm³/mol. The minimum absolute atomic E-state index is 0.616. The summed E-state index contributed by atoms with van der Waals surface area (Å²) in [6.45, 7) is 2.05. The number of rotatable bonds is 4. The monoisotopic (exact) mass is 339 g/mol. The van der Waals surface area contributed by atoms with Gasteiger partial charge < -0.3 is 4.52 Å². The summed E-state index contributed by atoms with van der Waals surface area (Å²) in [7, 11) is 0. The molecule has 0 unspecified atom stereocenters. The number of fused-ring (bicyclic) bond motifs is 1. The average molecular weight is 339 g/mol. The second-order valence-electron chi connectivity index (χ2n) is 5.12. The third-order valence-electron chi connectivity index (χ3n) is 3.34. The largest absolute Gasteiger partial charge is 0.338 e. The standard InChI is InChI=1S/C17H13N3OS2/c1-11-5-4-6-12(9-11)16-19-15(21-20-16)10-22-17-18-13-7-2-3-8-14(13)23-17/h2-9H,10H2,1H3. The summed E-state index contributed by atoms with van der Waals surface area (Å²) < 4.78 is 7.56. The van der Waals surface area contributed by atoms with Crippen LogP contribution in [-0.2, 0) is 5.75 Å². The number of para-hydroxylation sites is 1. The fourth-order valence-corrected chi connectivity index (χ4v) is 4.16. The molecular formula is C17H13N3OS2. The van der Waals surface area contributed by atoms with Gasteiger partial charge in [0.15, 0.2) is 4.34 Å². The molecule has 4 nitrogen and oxygen atoms in total. The number of nitrogens with zero attached hydrogens (tertiary/aromatic N) is 3. The van der Waals surface area contributed by atoms with Crippen LogP contribution < -0.4 is 0 Å². The van der Waals surface area contributed by atoms with E-state index in [1.54, 1.807) is 23.1 Å². The molecule has 2 aromatic heterocycles. The summed E-state index contributed by atoms with van der Waals surface area (Å²) in [4.78, 5) is 9.06. The molecule has 4 aromatic rings. The summed E-state index contributed by atoms with van der Waals surface area (Å²) in [5.41, 5.74) is 3.19. The van der Waals surface area contributed by atoms with E-state index in [4.69, 9.17) is 4.52 Å². The van der Waals surface area contributed by atoms with Crippen LogP contribution in [0.3, 0.4) is 0 Å². The second kappa shape index (κ2) is 6.14. The zero-order chi connectivity index (χ0) is 15.6. The topological polar surface area (TPSA) is 51.8 Å². The predicted octanol–water partition coefficient (Wildman–Crippen LogP) is 4.95. The fourth-order valence-electron chi connectivity index (χ4n) is 2.25. The van der Waals surface area contributed by atoms with Crippen LogP contribution in [0, 0.1) is 6.92 Å². The van der Waals surface area contributed by atoms with Crippen molar-refractivity contribution in [2.75, 3.05) is 0 Å². The van der Waals surface area contributed by atoms with E-state index < -0.39 is 0 Å². The number of hydrogen-bond donors (Lipinski definition) is 0. The molecule has 114 valence electrons. The highest BCUT2D eigenvalue weighted by Crippen LogP contribution is 2.31. The Labute approximate surface area is 141 Å². The third kappa shape index (κ3) is 3.13. The first-order chi connectivity index (χ1) is 11.3. The van der Waals surface area contributed by atoms with E-state index in [0.717, 1.165) is 15.4 Å². The van der Waals surface area contributed by atoms with Gasteiger partial charge in [0.1, 0.15) is 0 Å². The van der Waals surface area contributed by atoms with Crippen molar-refractivity contribution in [3.05, 3.63) is 60.0 Å². The number of hydrogen-bond acceptors (Lipinski definition) is 6. The van der Waals surface area contributed by atoms with Gasteiger partial charge in [-0.2, -0.15) is 4.98 Å². The van der Waals surface area contributed by atoms with Crippen LogP contribution in [0.4, 0.5) is 0 Å². The number of thioether (sulfide) groups is 1. The highest BCUT2D eigenvalue weighted by atomic mass is 32.2. The molecule has 0 radical (unpaired) electrons. The molecule has 0 saturated heterocycles. The molecule has 2 aromatic carbocycles. The van der Waals surface area contributed by atoms with Gasteiger partial charge in [0.2, 0.25) is 11.7 Å². The van der Waals surface area contributed by atoms with Crippen LogP contribution in [-0.4, -0.2) is 15.1 Å². The Morgan fingerprint density at radius 2 is 2.00 bits per heavy atom. The Morgan fingerprint density at radius 3 is 2.87 bits per heavy atom. The van der Waals surface area contributed by atoms with Gasteiger partial charge in [-0.3, -0.25) is 0 Å². The highest BCUT2D eigenvalue weighted by molar-refractivity contribution is 8.00. The quantitative estimate of drug-likeness (QED) is 0.493. The van der Waals surface area contributed by atoms with Crippen LogP contribution in [0.1, 0.15) is 11.5 Å². The molecule has 0 bridgehead atoms. The Balaban J connectivity index is 1.49. The molecule has 23 heavy (non-hydrogen) atoms. The maximum atomic E-state index is 5.35. The van der Waals surface area contributed by atoms with Crippen molar-refractivity contribution in [3.63, 3.8) is 0 Å². The Hall–Kier alpha value is -2.18. The Kier molecular flexibility index (Phi) is 3.85. The molecule has 4 rings (SSSR count). The van der Waals surface area contributed by atoms with Gasteiger partial charge in [0, 0.05) is 5.56 Å². The zero-order valence-corrected chi connectivity index (χ0v) is 14.0. The molecule has 0 amide bonds. The maximum Gasteiger partial charge on any atom is 0.237 e. The minimum Gasteiger partial charge on any atom is -0.338 e. The first-order valence-electron chi connectivity index (χ1n) is 7.16. The van der Waals surface area contributed by atoms with Gasteiger partial charge in [-0.05, 0) is 25.1 Å². The molecule has 0 aliphatic heterocycles.